The molecular formula is C13H19N3O3. The van der Waals surface area contributed by atoms with Gasteiger partial charge in [-0.2, -0.15) is 4.98 Å². The van der Waals surface area contributed by atoms with Gasteiger partial charge in [0, 0.05) is 32.1 Å². The molecule has 1 N–H and O–H groups in total. The molecule has 0 saturated carbocycles. The Morgan fingerprint density at radius 2 is 2.26 bits per heavy atom. The first-order valence-electron chi connectivity index (χ1n) is 6.40. The van der Waals surface area contributed by atoms with Crippen molar-refractivity contribution in [3.05, 3.63) is 18.2 Å². The molecule has 0 spiro atoms. The van der Waals surface area contributed by atoms with Crippen molar-refractivity contribution in [3.8, 4) is 5.88 Å². The number of carbonyl (C=O) groups excluding carboxylic acids is 1. The molecule has 1 amide bonds. The Morgan fingerprint density at radius 1 is 1.47 bits per heavy atom. The predicted octanol–water partition coefficient (Wildman–Crippen LogP) is 0.751. The lowest BCUT2D eigenvalue weighted by atomic mass is 10.3. The van der Waals surface area contributed by atoms with Gasteiger partial charge in [-0.25, -0.2) is 0 Å². The number of pyridine rings is 1. The van der Waals surface area contributed by atoms with Crippen molar-refractivity contribution in [2.24, 2.45) is 0 Å². The molecule has 0 unspecified atom stereocenters. The first kappa shape index (κ1) is 13.6. The molecule has 1 aliphatic rings. The standard InChI is InChI=1S/C13H19N3O3/c1-18-12-4-2-3-11(15-12)14-6-5-13(17)16-7-9-19-10-8-16/h2-4H,5-10H2,1H3,(H,14,15). The quantitative estimate of drug-likeness (QED) is 0.851. The highest BCUT2D eigenvalue weighted by Gasteiger charge is 2.15. The molecule has 0 aromatic carbocycles. The molecular weight excluding hydrogens is 246 g/mol. The minimum absolute atomic E-state index is 0.152. The number of morpholine rings is 1. The Kier molecular flexibility index (Phi) is 4.97. The summed E-state index contributed by atoms with van der Waals surface area (Å²) in [6, 6.07) is 5.49. The molecule has 6 nitrogen and oxygen atoms in total. The molecule has 0 aliphatic carbocycles. The van der Waals surface area contributed by atoms with Gasteiger partial charge < -0.3 is 19.7 Å². The number of carbonyl (C=O) groups is 1. The number of aromatic nitrogens is 1. The summed E-state index contributed by atoms with van der Waals surface area (Å²) in [4.78, 5) is 18.0. The van der Waals surface area contributed by atoms with Crippen LogP contribution in [-0.4, -0.2) is 55.7 Å². The Balaban J connectivity index is 1.74. The Labute approximate surface area is 112 Å². The SMILES string of the molecule is COc1cccc(NCCC(=O)N2CCOCC2)n1. The second-order valence-corrected chi connectivity index (χ2v) is 4.24. The van der Waals surface area contributed by atoms with Crippen molar-refractivity contribution in [3.63, 3.8) is 0 Å². The van der Waals surface area contributed by atoms with E-state index in [2.05, 4.69) is 10.3 Å². The van der Waals surface area contributed by atoms with E-state index in [9.17, 15) is 4.79 Å². The molecule has 1 aromatic heterocycles. The number of hydrogen-bond donors (Lipinski definition) is 1. The van der Waals surface area contributed by atoms with Crippen molar-refractivity contribution in [2.75, 3.05) is 45.3 Å². The van der Waals surface area contributed by atoms with E-state index in [0.29, 0.717) is 51.0 Å². The molecule has 1 aromatic rings. The number of nitrogens with one attached hydrogen (secondary N) is 1. The van der Waals surface area contributed by atoms with Crippen LogP contribution in [0.25, 0.3) is 0 Å². The summed E-state index contributed by atoms with van der Waals surface area (Å²) in [6.07, 6.45) is 0.457. The lowest BCUT2D eigenvalue weighted by Crippen LogP contribution is -2.41. The Bertz CT molecular complexity index is 419. The van der Waals surface area contributed by atoms with E-state index < -0.39 is 0 Å². The van der Waals surface area contributed by atoms with E-state index in [-0.39, 0.29) is 5.91 Å². The van der Waals surface area contributed by atoms with Crippen LogP contribution in [0.3, 0.4) is 0 Å². The maximum atomic E-state index is 11.9. The summed E-state index contributed by atoms with van der Waals surface area (Å²) in [5, 5.41) is 3.12. The van der Waals surface area contributed by atoms with Crippen molar-refractivity contribution < 1.29 is 14.3 Å². The van der Waals surface area contributed by atoms with Gasteiger partial charge in [-0.3, -0.25) is 4.79 Å². The normalized spacial score (nSPS) is 15.1. The monoisotopic (exact) mass is 265 g/mol. The first-order valence-corrected chi connectivity index (χ1v) is 6.40. The molecule has 0 bridgehead atoms. The van der Waals surface area contributed by atoms with Crippen LogP contribution in [0.1, 0.15) is 6.42 Å². The van der Waals surface area contributed by atoms with Gasteiger partial charge >= 0.3 is 0 Å². The largest absolute Gasteiger partial charge is 0.481 e. The summed E-state index contributed by atoms with van der Waals surface area (Å²) in [5.74, 6) is 1.43. The molecule has 1 saturated heterocycles. The molecule has 6 heteroatoms. The van der Waals surface area contributed by atoms with Gasteiger partial charge in [0.15, 0.2) is 0 Å². The number of rotatable bonds is 5. The zero-order chi connectivity index (χ0) is 13.5. The number of amides is 1. The lowest BCUT2D eigenvalue weighted by Gasteiger charge is -2.26. The van der Waals surface area contributed by atoms with E-state index in [1.807, 2.05) is 17.0 Å². The molecule has 1 aliphatic heterocycles. The summed E-state index contributed by atoms with van der Waals surface area (Å²) in [5.41, 5.74) is 0. The van der Waals surface area contributed by atoms with Crippen molar-refractivity contribution in [1.82, 2.24) is 9.88 Å². The number of methoxy groups -OCH3 is 1. The third-order valence-corrected chi connectivity index (χ3v) is 2.94. The molecule has 1 fully saturated rings. The van der Waals surface area contributed by atoms with E-state index >= 15 is 0 Å². The van der Waals surface area contributed by atoms with Crippen LogP contribution >= 0.6 is 0 Å². The number of ether oxygens (including phenoxy) is 2. The first-order chi connectivity index (χ1) is 9.29. The van der Waals surface area contributed by atoms with Crippen LogP contribution < -0.4 is 10.1 Å². The molecule has 19 heavy (non-hydrogen) atoms. The minimum atomic E-state index is 0.152. The van der Waals surface area contributed by atoms with Gasteiger partial charge in [0.2, 0.25) is 11.8 Å². The van der Waals surface area contributed by atoms with E-state index in [4.69, 9.17) is 9.47 Å². The highest BCUT2D eigenvalue weighted by atomic mass is 16.5. The van der Waals surface area contributed by atoms with Crippen LogP contribution in [0, 0.1) is 0 Å². The second-order valence-electron chi connectivity index (χ2n) is 4.24. The van der Waals surface area contributed by atoms with Gasteiger partial charge in [0.1, 0.15) is 5.82 Å². The summed E-state index contributed by atoms with van der Waals surface area (Å²) >= 11 is 0. The summed E-state index contributed by atoms with van der Waals surface area (Å²) in [6.45, 7) is 3.22. The third-order valence-electron chi connectivity index (χ3n) is 2.94. The third kappa shape index (κ3) is 4.10. The van der Waals surface area contributed by atoms with Crippen LogP contribution in [0.15, 0.2) is 18.2 Å². The molecule has 2 heterocycles. The Morgan fingerprint density at radius 3 is 3.00 bits per heavy atom. The molecule has 0 atom stereocenters. The van der Waals surface area contributed by atoms with Gasteiger partial charge in [0.25, 0.3) is 0 Å². The fraction of sp³-hybridized carbons (Fsp3) is 0.538. The summed E-state index contributed by atoms with van der Waals surface area (Å²) < 4.78 is 10.3. The zero-order valence-corrected chi connectivity index (χ0v) is 11.1. The van der Waals surface area contributed by atoms with Crippen molar-refractivity contribution >= 4 is 11.7 Å². The van der Waals surface area contributed by atoms with Gasteiger partial charge in [-0.1, -0.05) is 6.07 Å². The zero-order valence-electron chi connectivity index (χ0n) is 11.1. The van der Waals surface area contributed by atoms with Crippen molar-refractivity contribution in [2.45, 2.75) is 6.42 Å². The maximum Gasteiger partial charge on any atom is 0.224 e. The predicted molar refractivity (Wildman–Crippen MR) is 71.3 cm³/mol. The van der Waals surface area contributed by atoms with E-state index in [1.165, 1.54) is 0 Å². The van der Waals surface area contributed by atoms with Gasteiger partial charge in [-0.15, -0.1) is 0 Å². The highest BCUT2D eigenvalue weighted by Crippen LogP contribution is 2.10. The van der Waals surface area contributed by atoms with Crippen molar-refractivity contribution in [1.29, 1.82) is 0 Å². The number of anilines is 1. The van der Waals surface area contributed by atoms with Gasteiger partial charge in [-0.05, 0) is 6.07 Å². The van der Waals surface area contributed by atoms with Crippen LogP contribution in [0.2, 0.25) is 0 Å². The molecule has 0 radical (unpaired) electrons. The topological polar surface area (TPSA) is 63.7 Å². The highest BCUT2D eigenvalue weighted by molar-refractivity contribution is 5.76. The smallest absolute Gasteiger partial charge is 0.224 e. The fourth-order valence-corrected chi connectivity index (χ4v) is 1.90. The molecule has 104 valence electrons. The van der Waals surface area contributed by atoms with Gasteiger partial charge in [0.05, 0.1) is 20.3 Å². The number of nitrogens with zero attached hydrogens (tertiary/aromatic N) is 2. The van der Waals surface area contributed by atoms with E-state index in [1.54, 1.807) is 13.2 Å². The average Bonchev–Trinajstić information content (AvgIpc) is 2.48. The van der Waals surface area contributed by atoms with Crippen LogP contribution in [-0.2, 0) is 9.53 Å². The van der Waals surface area contributed by atoms with Crippen LogP contribution in [0.5, 0.6) is 5.88 Å². The summed E-state index contributed by atoms with van der Waals surface area (Å²) in [7, 11) is 1.58. The van der Waals surface area contributed by atoms with Crippen LogP contribution in [0.4, 0.5) is 5.82 Å². The average molecular weight is 265 g/mol. The Hall–Kier alpha value is -1.82. The second kappa shape index (κ2) is 6.94. The minimum Gasteiger partial charge on any atom is -0.481 e. The number of hydrogen-bond acceptors (Lipinski definition) is 5. The maximum absolute atomic E-state index is 11.9. The van der Waals surface area contributed by atoms with E-state index in [0.717, 1.165) is 0 Å². The lowest BCUT2D eigenvalue weighted by molar-refractivity contribution is -0.134. The molecule has 2 rings (SSSR count). The fourth-order valence-electron chi connectivity index (χ4n) is 1.90.